The molecule has 0 aromatic heterocycles. The van der Waals surface area contributed by atoms with Crippen LogP contribution in [0, 0.1) is 11.3 Å². The summed E-state index contributed by atoms with van der Waals surface area (Å²) in [5, 5.41) is 0. The van der Waals surface area contributed by atoms with E-state index in [-0.39, 0.29) is 29.9 Å². The molecule has 96 valence electrons. The lowest BCUT2D eigenvalue weighted by molar-refractivity contribution is 0.108. The Morgan fingerprint density at radius 1 is 1.41 bits per heavy atom. The van der Waals surface area contributed by atoms with E-state index in [2.05, 4.69) is 0 Å². The molecular weight excluding hydrogens is 220 g/mol. The maximum absolute atomic E-state index is 13.0. The fourth-order valence-electron chi connectivity index (χ4n) is 3.90. The molecule has 0 aromatic carbocycles. The Morgan fingerprint density at radius 2 is 2.12 bits per heavy atom. The molecule has 0 bridgehead atoms. The summed E-state index contributed by atoms with van der Waals surface area (Å²) in [4.78, 5) is 2.02. The first-order chi connectivity index (χ1) is 8.77. The summed E-state index contributed by atoms with van der Waals surface area (Å²) in [6.07, 6.45) is 0.176. The molecule has 2 saturated heterocycles. The molecule has 3 heteroatoms. The van der Waals surface area contributed by atoms with Crippen molar-refractivity contribution in [3.05, 3.63) is 11.7 Å². The molecule has 1 spiro atoms. The molecule has 1 nitrogen and oxygen atoms in total. The van der Waals surface area contributed by atoms with Gasteiger partial charge in [-0.15, -0.1) is 0 Å². The van der Waals surface area contributed by atoms with Crippen molar-refractivity contribution >= 4 is 0 Å². The van der Waals surface area contributed by atoms with Gasteiger partial charge in [-0.2, -0.15) is 8.78 Å². The first kappa shape index (κ1) is 9.48. The molecule has 0 unspecified atom stereocenters. The van der Waals surface area contributed by atoms with Crippen LogP contribution in [0.5, 0.6) is 0 Å². The van der Waals surface area contributed by atoms with Crippen LogP contribution >= 0.6 is 0 Å². The van der Waals surface area contributed by atoms with Gasteiger partial charge in [0.25, 0.3) is 6.08 Å². The first-order valence-corrected chi connectivity index (χ1v) is 6.55. The Balaban J connectivity index is 2.10. The molecule has 0 radical (unpaired) electrons. The second-order valence-corrected chi connectivity index (χ2v) is 6.15. The molecule has 2 aliphatic heterocycles. The van der Waals surface area contributed by atoms with E-state index in [9.17, 15) is 8.78 Å². The Bertz CT molecular complexity index is 439. The number of hydrogen-bond donors (Lipinski definition) is 0. The molecule has 1 atom stereocenters. The maximum atomic E-state index is 13.0. The van der Waals surface area contributed by atoms with Crippen molar-refractivity contribution in [3.8, 4) is 0 Å². The Morgan fingerprint density at radius 3 is 2.65 bits per heavy atom. The van der Waals surface area contributed by atoms with Crippen LogP contribution < -0.4 is 0 Å². The van der Waals surface area contributed by atoms with Crippen molar-refractivity contribution < 1.29 is 11.5 Å². The van der Waals surface area contributed by atoms with Gasteiger partial charge < -0.3 is 0 Å². The van der Waals surface area contributed by atoms with Crippen molar-refractivity contribution in [2.75, 3.05) is 13.1 Å². The average Bonchev–Trinajstić information content (AvgIpc) is 2.88. The summed E-state index contributed by atoms with van der Waals surface area (Å²) < 4.78 is 43.2. The molecule has 0 N–H and O–H groups in total. The lowest BCUT2D eigenvalue weighted by Crippen LogP contribution is -2.45. The minimum atomic E-state index is -1.59. The summed E-state index contributed by atoms with van der Waals surface area (Å²) >= 11 is 0. The standard InChI is InChI=1S/C14H21F2N/c1-10(2)7-14-8-11(12(15)16)9-17(14)6-5-13(14)3-4-13/h10H,3-9H2,1-2H3/t14-/m1/s1/i7D2. The number of hydrogen-bond acceptors (Lipinski definition) is 1. The molecule has 1 saturated carbocycles. The van der Waals surface area contributed by atoms with Crippen molar-refractivity contribution in [1.29, 1.82) is 0 Å². The van der Waals surface area contributed by atoms with Crippen molar-refractivity contribution in [2.45, 2.75) is 51.4 Å². The quantitative estimate of drug-likeness (QED) is 0.713. The lowest BCUT2D eigenvalue weighted by atomic mass is 9.74. The van der Waals surface area contributed by atoms with Crippen molar-refractivity contribution in [1.82, 2.24) is 4.90 Å². The van der Waals surface area contributed by atoms with Gasteiger partial charge in [-0.3, -0.25) is 4.90 Å². The van der Waals surface area contributed by atoms with E-state index >= 15 is 0 Å². The Hall–Kier alpha value is -0.440. The van der Waals surface area contributed by atoms with E-state index in [1.807, 2.05) is 18.7 Å². The molecule has 3 fully saturated rings. The maximum Gasteiger partial charge on any atom is 0.270 e. The Kier molecular flexibility index (Phi) is 1.97. The predicted octanol–water partition coefficient (Wildman–Crippen LogP) is 3.81. The van der Waals surface area contributed by atoms with Gasteiger partial charge >= 0.3 is 0 Å². The van der Waals surface area contributed by atoms with E-state index in [1.54, 1.807) is 0 Å². The Labute approximate surface area is 105 Å². The highest BCUT2D eigenvalue weighted by Crippen LogP contribution is 2.68. The fraction of sp³-hybridized carbons (Fsp3) is 0.857. The zero-order chi connectivity index (χ0) is 14.1. The monoisotopic (exact) mass is 243 g/mol. The minimum absolute atomic E-state index is 0.0437. The van der Waals surface area contributed by atoms with Crippen molar-refractivity contribution in [3.63, 3.8) is 0 Å². The molecule has 3 rings (SSSR count). The average molecular weight is 243 g/mol. The van der Waals surface area contributed by atoms with Crippen molar-refractivity contribution in [2.24, 2.45) is 11.3 Å². The van der Waals surface area contributed by atoms with Gasteiger partial charge in [-0.05, 0) is 49.9 Å². The summed E-state index contributed by atoms with van der Waals surface area (Å²) in [7, 11) is 0. The largest absolute Gasteiger partial charge is 0.293 e. The summed E-state index contributed by atoms with van der Waals surface area (Å²) in [5.41, 5.74) is -0.569. The molecule has 1 aliphatic carbocycles. The smallest absolute Gasteiger partial charge is 0.270 e. The molecule has 2 heterocycles. The normalized spacial score (nSPS) is 37.4. The fourth-order valence-corrected chi connectivity index (χ4v) is 3.90. The second kappa shape index (κ2) is 3.53. The molecule has 17 heavy (non-hydrogen) atoms. The highest BCUT2D eigenvalue weighted by molar-refractivity contribution is 5.29. The van der Waals surface area contributed by atoms with Gasteiger partial charge in [0.05, 0.1) is 0 Å². The van der Waals surface area contributed by atoms with Crippen LogP contribution in [-0.4, -0.2) is 23.5 Å². The van der Waals surface area contributed by atoms with Gasteiger partial charge in [-0.1, -0.05) is 13.8 Å². The third-order valence-electron chi connectivity index (χ3n) is 4.78. The van der Waals surface area contributed by atoms with Gasteiger partial charge in [0.1, 0.15) is 0 Å². The van der Waals surface area contributed by atoms with Crippen LogP contribution in [0.1, 0.15) is 48.6 Å². The van der Waals surface area contributed by atoms with E-state index in [4.69, 9.17) is 2.74 Å². The zero-order valence-corrected chi connectivity index (χ0v) is 10.5. The van der Waals surface area contributed by atoms with Crippen LogP contribution in [-0.2, 0) is 0 Å². The van der Waals surface area contributed by atoms with Crippen LogP contribution in [0.15, 0.2) is 11.7 Å². The summed E-state index contributed by atoms with van der Waals surface area (Å²) in [6, 6.07) is 0. The molecule has 0 amide bonds. The van der Waals surface area contributed by atoms with E-state index in [0.29, 0.717) is 0 Å². The summed E-state index contributed by atoms with van der Waals surface area (Å²) in [5.74, 6) is -0.160. The predicted molar refractivity (Wildman–Crippen MR) is 63.9 cm³/mol. The van der Waals surface area contributed by atoms with Gasteiger partial charge in [0.15, 0.2) is 0 Å². The minimum Gasteiger partial charge on any atom is -0.293 e. The molecule has 3 aliphatic rings. The first-order valence-electron chi connectivity index (χ1n) is 7.55. The SMILES string of the molecule is [2H]C([2H])(C(C)C)[C@]12CC(=C(F)F)CN1CCC21CC1. The highest BCUT2D eigenvalue weighted by Gasteiger charge is 2.67. The zero-order valence-electron chi connectivity index (χ0n) is 12.5. The van der Waals surface area contributed by atoms with Gasteiger partial charge in [-0.25, -0.2) is 0 Å². The number of nitrogens with zero attached hydrogens (tertiary/aromatic N) is 1. The van der Waals surface area contributed by atoms with E-state index in [1.165, 1.54) is 0 Å². The van der Waals surface area contributed by atoms with Gasteiger partial charge in [0.2, 0.25) is 0 Å². The molecule has 0 aromatic rings. The van der Waals surface area contributed by atoms with Crippen LogP contribution in [0.25, 0.3) is 0 Å². The highest BCUT2D eigenvalue weighted by atomic mass is 19.3. The topological polar surface area (TPSA) is 3.24 Å². The number of halogens is 2. The van der Waals surface area contributed by atoms with Gasteiger partial charge in [0, 0.05) is 20.4 Å². The third kappa shape index (κ3) is 1.51. The van der Waals surface area contributed by atoms with Crippen LogP contribution in [0.2, 0.25) is 0 Å². The lowest BCUT2D eigenvalue weighted by Gasteiger charge is -2.39. The van der Waals surface area contributed by atoms with E-state index in [0.717, 1.165) is 25.8 Å². The second-order valence-electron chi connectivity index (χ2n) is 6.15. The number of rotatable bonds is 2. The molecular formula is C14H21F2N. The van der Waals surface area contributed by atoms with Crippen LogP contribution in [0.4, 0.5) is 8.78 Å². The summed E-state index contributed by atoms with van der Waals surface area (Å²) in [6.45, 7) is 4.77. The number of fused-ring (bicyclic) bond motifs is 2. The van der Waals surface area contributed by atoms with E-state index < -0.39 is 18.0 Å². The third-order valence-corrected chi connectivity index (χ3v) is 4.78. The van der Waals surface area contributed by atoms with Crippen LogP contribution in [0.3, 0.4) is 0 Å².